The summed E-state index contributed by atoms with van der Waals surface area (Å²) >= 11 is 0. The summed E-state index contributed by atoms with van der Waals surface area (Å²) in [6, 6.07) is 37.9. The van der Waals surface area contributed by atoms with Crippen molar-refractivity contribution in [1.29, 1.82) is 0 Å². The van der Waals surface area contributed by atoms with E-state index in [9.17, 15) is 0 Å². The van der Waals surface area contributed by atoms with Crippen LogP contribution in [0.4, 0.5) is 22.7 Å². The first-order valence-corrected chi connectivity index (χ1v) is 10.3. The minimum Gasteiger partial charge on any atom is -0.311 e. The fourth-order valence-corrected chi connectivity index (χ4v) is 3.89. The third-order valence-corrected chi connectivity index (χ3v) is 5.39. The van der Waals surface area contributed by atoms with Gasteiger partial charge in [-0.25, -0.2) is 0 Å². The van der Waals surface area contributed by atoms with Crippen LogP contribution in [-0.4, -0.2) is 12.8 Å². The van der Waals surface area contributed by atoms with Crippen molar-refractivity contribution in [3.63, 3.8) is 0 Å². The summed E-state index contributed by atoms with van der Waals surface area (Å²) in [5, 5.41) is 6.81. The Morgan fingerprint density at radius 3 is 1.87 bits per heavy atom. The average Bonchev–Trinajstić information content (AvgIpc) is 3.23. The number of hydrogen-bond donors (Lipinski definition) is 0. The van der Waals surface area contributed by atoms with Gasteiger partial charge in [0, 0.05) is 23.6 Å². The first-order valence-electron chi connectivity index (χ1n) is 10.3. The molecule has 4 aromatic carbocycles. The summed E-state index contributed by atoms with van der Waals surface area (Å²) in [5.74, 6) is 0. The smallest absolute Gasteiger partial charge is 0.0626 e. The second kappa shape index (κ2) is 8.26. The van der Waals surface area contributed by atoms with Gasteiger partial charge in [0.05, 0.1) is 11.9 Å². The van der Waals surface area contributed by atoms with Crippen LogP contribution in [0.2, 0.25) is 0 Å². The monoisotopic (exact) mass is 389 g/mol. The normalized spacial score (nSPS) is 12.9. The minimum absolute atomic E-state index is 0.934. The summed E-state index contributed by atoms with van der Waals surface area (Å²) in [4.78, 5) is 2.26. The molecule has 0 amide bonds. The molecule has 3 nitrogen and oxygen atoms in total. The number of fused-ring (bicyclic) bond motifs is 1. The van der Waals surface area contributed by atoms with Crippen molar-refractivity contribution in [2.45, 2.75) is 6.42 Å². The van der Waals surface area contributed by atoms with Crippen molar-refractivity contribution in [3.05, 3.63) is 120 Å². The molecule has 1 heterocycles. The van der Waals surface area contributed by atoms with Crippen molar-refractivity contribution in [3.8, 4) is 0 Å². The van der Waals surface area contributed by atoms with E-state index in [2.05, 4.69) is 107 Å². The van der Waals surface area contributed by atoms with E-state index < -0.39 is 0 Å². The highest BCUT2D eigenvalue weighted by atomic mass is 15.5. The molecular weight excluding hydrogens is 366 g/mol. The van der Waals surface area contributed by atoms with Gasteiger partial charge in [0.2, 0.25) is 0 Å². The van der Waals surface area contributed by atoms with Gasteiger partial charge in [-0.3, -0.25) is 5.01 Å². The molecular formula is C27H23N3. The molecule has 0 aromatic heterocycles. The van der Waals surface area contributed by atoms with Crippen molar-refractivity contribution in [2.24, 2.45) is 5.10 Å². The quantitative estimate of drug-likeness (QED) is 0.360. The van der Waals surface area contributed by atoms with Gasteiger partial charge in [0.25, 0.3) is 0 Å². The van der Waals surface area contributed by atoms with Gasteiger partial charge in [0.1, 0.15) is 0 Å². The Bertz CT molecular complexity index is 1100. The molecule has 5 rings (SSSR count). The Labute approximate surface area is 177 Å². The molecule has 0 N–H and O–H groups in total. The van der Waals surface area contributed by atoms with Crippen LogP contribution >= 0.6 is 0 Å². The second-order valence-electron chi connectivity index (χ2n) is 7.34. The Morgan fingerprint density at radius 1 is 0.633 bits per heavy atom. The zero-order valence-electron chi connectivity index (χ0n) is 16.7. The van der Waals surface area contributed by atoms with Crippen LogP contribution in [-0.2, 0) is 6.42 Å². The third kappa shape index (κ3) is 3.70. The highest BCUT2D eigenvalue weighted by Gasteiger charge is 2.17. The Balaban J connectivity index is 1.41. The second-order valence-corrected chi connectivity index (χ2v) is 7.34. The predicted molar refractivity (Wildman–Crippen MR) is 126 cm³/mol. The molecule has 30 heavy (non-hydrogen) atoms. The maximum atomic E-state index is 4.72. The lowest BCUT2D eigenvalue weighted by Crippen LogP contribution is -2.12. The first-order chi connectivity index (χ1) is 14.9. The van der Waals surface area contributed by atoms with E-state index in [1.165, 1.54) is 11.3 Å². The average molecular weight is 390 g/mol. The molecule has 0 saturated carbocycles. The largest absolute Gasteiger partial charge is 0.311 e. The van der Waals surface area contributed by atoms with Crippen LogP contribution in [0.5, 0.6) is 0 Å². The highest BCUT2D eigenvalue weighted by Crippen LogP contribution is 2.34. The molecule has 0 spiro atoms. The van der Waals surface area contributed by atoms with E-state index in [4.69, 9.17) is 5.10 Å². The number of hydrazone groups is 1. The van der Waals surface area contributed by atoms with Gasteiger partial charge in [-0.15, -0.1) is 0 Å². The van der Waals surface area contributed by atoms with Gasteiger partial charge in [-0.05, 0) is 60.0 Å². The highest BCUT2D eigenvalue weighted by molar-refractivity contribution is 5.83. The van der Waals surface area contributed by atoms with E-state index >= 15 is 0 Å². The molecule has 146 valence electrons. The molecule has 0 saturated heterocycles. The van der Waals surface area contributed by atoms with Crippen LogP contribution in [0.15, 0.2) is 114 Å². The molecule has 4 aromatic rings. The molecule has 0 unspecified atom stereocenters. The lowest BCUT2D eigenvalue weighted by atomic mass is 10.1. The van der Waals surface area contributed by atoms with Crippen LogP contribution < -0.4 is 9.91 Å². The van der Waals surface area contributed by atoms with Gasteiger partial charge < -0.3 is 4.90 Å². The van der Waals surface area contributed by atoms with Gasteiger partial charge in [0.15, 0.2) is 0 Å². The number of benzene rings is 4. The summed E-state index contributed by atoms with van der Waals surface area (Å²) in [6.07, 6.45) is 3.00. The molecule has 1 aliphatic rings. The lowest BCUT2D eigenvalue weighted by molar-refractivity contribution is 0.896. The maximum Gasteiger partial charge on any atom is 0.0626 e. The van der Waals surface area contributed by atoms with Gasteiger partial charge in [-0.2, -0.15) is 5.10 Å². The zero-order valence-corrected chi connectivity index (χ0v) is 16.7. The number of para-hydroxylation sites is 3. The Kier molecular flexibility index (Phi) is 5.01. The van der Waals surface area contributed by atoms with E-state index in [0.717, 1.165) is 35.6 Å². The molecule has 1 aliphatic heterocycles. The van der Waals surface area contributed by atoms with Crippen molar-refractivity contribution >= 4 is 29.0 Å². The van der Waals surface area contributed by atoms with Gasteiger partial charge in [-0.1, -0.05) is 66.7 Å². The van der Waals surface area contributed by atoms with E-state index in [0.29, 0.717) is 0 Å². The lowest BCUT2D eigenvalue weighted by Gasteiger charge is -2.25. The number of hydrogen-bond acceptors (Lipinski definition) is 3. The van der Waals surface area contributed by atoms with Crippen LogP contribution in [0.25, 0.3) is 0 Å². The summed E-state index contributed by atoms with van der Waals surface area (Å²) in [6.45, 7) is 0.934. The zero-order chi connectivity index (χ0) is 20.2. The minimum atomic E-state index is 0.934. The summed E-state index contributed by atoms with van der Waals surface area (Å²) < 4.78 is 0. The fourth-order valence-electron chi connectivity index (χ4n) is 3.89. The SMILES string of the molecule is C(=NN1CCc2ccccc21)c1ccc(N(c2ccccc2)c2ccccc2)cc1. The van der Waals surface area contributed by atoms with E-state index in [-0.39, 0.29) is 0 Å². The Morgan fingerprint density at radius 2 is 1.20 bits per heavy atom. The Hall–Kier alpha value is -3.85. The standard InChI is InChI=1S/C27H23N3/c1-3-10-24(11-4-1)30(25-12-5-2-6-13-25)26-17-15-22(16-18-26)21-28-29-20-19-23-9-7-8-14-27(23)29/h1-18,21H,19-20H2. The maximum absolute atomic E-state index is 4.72. The van der Waals surface area contributed by atoms with Crippen LogP contribution in [0.1, 0.15) is 11.1 Å². The van der Waals surface area contributed by atoms with Crippen LogP contribution in [0, 0.1) is 0 Å². The van der Waals surface area contributed by atoms with Crippen molar-refractivity contribution in [2.75, 3.05) is 16.5 Å². The van der Waals surface area contributed by atoms with Gasteiger partial charge >= 0.3 is 0 Å². The number of rotatable bonds is 5. The molecule has 3 heteroatoms. The van der Waals surface area contributed by atoms with Crippen molar-refractivity contribution < 1.29 is 0 Å². The topological polar surface area (TPSA) is 18.8 Å². The van der Waals surface area contributed by atoms with Crippen molar-refractivity contribution in [1.82, 2.24) is 0 Å². The van der Waals surface area contributed by atoms with E-state index in [1.807, 2.05) is 18.3 Å². The molecule has 0 aliphatic carbocycles. The third-order valence-electron chi connectivity index (χ3n) is 5.39. The molecule has 0 radical (unpaired) electrons. The van der Waals surface area contributed by atoms with Crippen LogP contribution in [0.3, 0.4) is 0 Å². The molecule has 0 atom stereocenters. The number of anilines is 4. The molecule has 0 bridgehead atoms. The fraction of sp³-hybridized carbons (Fsp3) is 0.0741. The summed E-state index contributed by atoms with van der Waals surface area (Å²) in [5.41, 5.74) is 7.06. The number of nitrogens with zero attached hydrogens (tertiary/aromatic N) is 3. The first kappa shape index (κ1) is 18.2. The predicted octanol–water partition coefficient (Wildman–Crippen LogP) is 6.55. The summed E-state index contributed by atoms with van der Waals surface area (Å²) in [7, 11) is 0. The molecule has 0 fully saturated rings. The van der Waals surface area contributed by atoms with E-state index in [1.54, 1.807) is 0 Å².